The van der Waals surface area contributed by atoms with Crippen LogP contribution in [-0.4, -0.2) is 29.7 Å². The molecule has 0 fully saturated rings. The Labute approximate surface area is 112 Å². The predicted molar refractivity (Wildman–Crippen MR) is 68.8 cm³/mol. The normalized spacial score (nSPS) is 10.6. The molecule has 1 heterocycles. The van der Waals surface area contributed by atoms with Gasteiger partial charge in [0.1, 0.15) is 11.3 Å². The van der Waals surface area contributed by atoms with Gasteiger partial charge in [-0.2, -0.15) is 0 Å². The van der Waals surface area contributed by atoms with Gasteiger partial charge in [-0.25, -0.2) is 0 Å². The van der Waals surface area contributed by atoms with Crippen LogP contribution < -0.4 is 5.32 Å². The van der Waals surface area contributed by atoms with E-state index in [0.29, 0.717) is 23.4 Å². The molecule has 0 atom stereocenters. The molecule has 0 aliphatic heterocycles. The molecule has 19 heavy (non-hydrogen) atoms. The predicted octanol–water partition coefficient (Wildman–Crippen LogP) is 1.62. The number of aryl methyl sites for hydroxylation is 2. The fourth-order valence-corrected chi connectivity index (χ4v) is 1.64. The topological polar surface area (TPSA) is 81.4 Å². The average molecular weight is 268 g/mol. The molecule has 1 rings (SSSR count). The number of aromatic nitrogens is 1. The van der Waals surface area contributed by atoms with Gasteiger partial charge in [0.05, 0.1) is 18.2 Å². The van der Waals surface area contributed by atoms with Gasteiger partial charge in [-0.1, -0.05) is 12.1 Å². The minimum Gasteiger partial charge on any atom is -0.463 e. The highest BCUT2D eigenvalue weighted by Crippen LogP contribution is 2.13. The number of amides is 1. The monoisotopic (exact) mass is 268 g/mol. The summed E-state index contributed by atoms with van der Waals surface area (Å²) in [4.78, 5) is 23.3. The van der Waals surface area contributed by atoms with Gasteiger partial charge in [-0.05, 0) is 27.2 Å². The molecule has 0 aromatic carbocycles. The average Bonchev–Trinajstić information content (AvgIpc) is 2.69. The van der Waals surface area contributed by atoms with E-state index in [4.69, 9.17) is 9.26 Å². The molecule has 0 radical (unpaired) electrons. The third kappa shape index (κ3) is 4.39. The lowest BCUT2D eigenvalue weighted by Gasteiger charge is -2.08. The second-order valence-electron chi connectivity index (χ2n) is 4.46. The van der Waals surface area contributed by atoms with Gasteiger partial charge in [0.15, 0.2) is 0 Å². The number of hydrogen-bond acceptors (Lipinski definition) is 5. The number of ether oxygens (including phenoxy) is 1. The van der Waals surface area contributed by atoms with Crippen LogP contribution in [0.4, 0.5) is 0 Å². The van der Waals surface area contributed by atoms with Crippen molar-refractivity contribution in [2.24, 2.45) is 0 Å². The van der Waals surface area contributed by atoms with Crippen LogP contribution >= 0.6 is 0 Å². The Morgan fingerprint density at radius 2 is 2.11 bits per heavy atom. The summed E-state index contributed by atoms with van der Waals surface area (Å²) in [6, 6.07) is 0. The minimum atomic E-state index is -0.326. The third-order valence-electron chi connectivity index (χ3n) is 2.48. The highest BCUT2D eigenvalue weighted by atomic mass is 16.5. The van der Waals surface area contributed by atoms with E-state index < -0.39 is 0 Å². The van der Waals surface area contributed by atoms with Gasteiger partial charge in [0, 0.05) is 6.54 Å². The quantitative estimate of drug-likeness (QED) is 0.793. The van der Waals surface area contributed by atoms with E-state index in [9.17, 15) is 9.59 Å². The molecule has 106 valence electrons. The summed E-state index contributed by atoms with van der Waals surface area (Å²) in [5.74, 6) is -0.111. The Hall–Kier alpha value is -1.85. The van der Waals surface area contributed by atoms with Crippen molar-refractivity contribution < 1.29 is 18.8 Å². The van der Waals surface area contributed by atoms with Gasteiger partial charge >= 0.3 is 5.97 Å². The molecule has 0 aliphatic carbocycles. The maximum atomic E-state index is 11.9. The number of carbonyl (C=O) groups is 2. The van der Waals surface area contributed by atoms with Crippen LogP contribution in [0.1, 0.15) is 49.0 Å². The first kappa shape index (κ1) is 15.2. The van der Waals surface area contributed by atoms with Gasteiger partial charge in [-0.15, -0.1) is 0 Å². The standard InChI is InChI=1S/C13H20N2O4/c1-5-10-12(9(4)19-15-10)13(17)14-7-6-11(16)18-8(2)3/h8H,5-7H2,1-4H3,(H,14,17). The Kier molecular flexibility index (Phi) is 5.54. The first-order chi connectivity index (χ1) is 8.95. The van der Waals surface area contributed by atoms with Gasteiger partial charge < -0.3 is 14.6 Å². The van der Waals surface area contributed by atoms with Crippen molar-refractivity contribution in [2.75, 3.05) is 6.54 Å². The lowest BCUT2D eigenvalue weighted by Crippen LogP contribution is -2.28. The maximum absolute atomic E-state index is 11.9. The van der Waals surface area contributed by atoms with Crippen molar-refractivity contribution in [3.8, 4) is 0 Å². The Morgan fingerprint density at radius 3 is 2.68 bits per heavy atom. The molecular weight excluding hydrogens is 248 g/mol. The molecule has 1 aromatic heterocycles. The highest BCUT2D eigenvalue weighted by molar-refractivity contribution is 5.96. The third-order valence-corrected chi connectivity index (χ3v) is 2.48. The van der Waals surface area contributed by atoms with Gasteiger partial charge in [-0.3, -0.25) is 9.59 Å². The summed E-state index contributed by atoms with van der Waals surface area (Å²) in [5, 5.41) is 6.48. The fourth-order valence-electron chi connectivity index (χ4n) is 1.64. The molecule has 1 amide bonds. The van der Waals surface area contributed by atoms with E-state index in [1.54, 1.807) is 20.8 Å². The van der Waals surface area contributed by atoms with E-state index in [0.717, 1.165) is 0 Å². The lowest BCUT2D eigenvalue weighted by molar-refractivity contribution is -0.147. The zero-order chi connectivity index (χ0) is 14.4. The van der Waals surface area contributed by atoms with Crippen LogP contribution in [-0.2, 0) is 16.0 Å². The molecule has 0 spiro atoms. The van der Waals surface area contributed by atoms with Crippen LogP contribution in [0.15, 0.2) is 4.52 Å². The summed E-state index contributed by atoms with van der Waals surface area (Å²) < 4.78 is 9.96. The van der Waals surface area contributed by atoms with E-state index in [1.165, 1.54) is 0 Å². The van der Waals surface area contributed by atoms with Crippen LogP contribution in [0.5, 0.6) is 0 Å². The van der Waals surface area contributed by atoms with Crippen molar-refractivity contribution >= 4 is 11.9 Å². The van der Waals surface area contributed by atoms with E-state index in [1.807, 2.05) is 6.92 Å². The van der Waals surface area contributed by atoms with Crippen LogP contribution in [0.2, 0.25) is 0 Å². The second kappa shape index (κ2) is 6.92. The Bertz CT molecular complexity index is 451. The number of rotatable bonds is 6. The summed E-state index contributed by atoms with van der Waals surface area (Å²) in [6.45, 7) is 7.38. The van der Waals surface area contributed by atoms with E-state index in [2.05, 4.69) is 10.5 Å². The SMILES string of the molecule is CCc1noc(C)c1C(=O)NCCC(=O)OC(C)C. The number of hydrogen-bond donors (Lipinski definition) is 1. The van der Waals surface area contributed by atoms with E-state index >= 15 is 0 Å². The van der Waals surface area contributed by atoms with Gasteiger partial charge in [0.2, 0.25) is 0 Å². The summed E-state index contributed by atoms with van der Waals surface area (Å²) >= 11 is 0. The zero-order valence-corrected chi connectivity index (χ0v) is 11.8. The summed E-state index contributed by atoms with van der Waals surface area (Å²) in [6.07, 6.45) is 0.626. The molecular formula is C13H20N2O4. The number of esters is 1. The van der Waals surface area contributed by atoms with Crippen LogP contribution in [0, 0.1) is 6.92 Å². The van der Waals surface area contributed by atoms with Crippen molar-refractivity contribution in [2.45, 2.75) is 46.6 Å². The molecule has 1 aromatic rings. The Balaban J connectivity index is 2.47. The number of nitrogens with zero attached hydrogens (tertiary/aromatic N) is 1. The molecule has 0 aliphatic rings. The first-order valence-corrected chi connectivity index (χ1v) is 6.38. The maximum Gasteiger partial charge on any atom is 0.307 e. The molecule has 6 nitrogen and oxygen atoms in total. The second-order valence-corrected chi connectivity index (χ2v) is 4.46. The van der Waals surface area contributed by atoms with Gasteiger partial charge in [0.25, 0.3) is 5.91 Å². The fraction of sp³-hybridized carbons (Fsp3) is 0.615. The molecule has 0 saturated carbocycles. The molecule has 6 heteroatoms. The Morgan fingerprint density at radius 1 is 1.42 bits per heavy atom. The molecule has 0 saturated heterocycles. The van der Waals surface area contributed by atoms with Crippen molar-refractivity contribution in [3.63, 3.8) is 0 Å². The van der Waals surface area contributed by atoms with Crippen molar-refractivity contribution in [3.05, 3.63) is 17.0 Å². The van der Waals surface area contributed by atoms with Crippen LogP contribution in [0.3, 0.4) is 0 Å². The summed E-state index contributed by atoms with van der Waals surface area (Å²) in [5.41, 5.74) is 1.08. The first-order valence-electron chi connectivity index (χ1n) is 6.38. The van der Waals surface area contributed by atoms with Crippen molar-refractivity contribution in [1.29, 1.82) is 0 Å². The highest BCUT2D eigenvalue weighted by Gasteiger charge is 2.18. The molecule has 0 unspecified atom stereocenters. The smallest absolute Gasteiger partial charge is 0.307 e. The zero-order valence-electron chi connectivity index (χ0n) is 11.8. The minimum absolute atomic E-state index is 0.143. The van der Waals surface area contributed by atoms with Crippen molar-refractivity contribution in [1.82, 2.24) is 10.5 Å². The molecule has 1 N–H and O–H groups in total. The van der Waals surface area contributed by atoms with E-state index in [-0.39, 0.29) is 30.9 Å². The lowest BCUT2D eigenvalue weighted by atomic mass is 10.1. The molecule has 0 bridgehead atoms. The number of carbonyl (C=O) groups excluding carboxylic acids is 2. The van der Waals surface area contributed by atoms with Crippen LogP contribution in [0.25, 0.3) is 0 Å². The summed E-state index contributed by atoms with van der Waals surface area (Å²) in [7, 11) is 0. The number of nitrogens with one attached hydrogen (secondary N) is 1. The largest absolute Gasteiger partial charge is 0.463 e.